The molecule has 0 saturated carbocycles. The third-order valence-electron chi connectivity index (χ3n) is 2.98. The number of amides is 1. The van der Waals surface area contributed by atoms with Crippen LogP contribution in [0, 0.1) is 0 Å². The molecule has 2 aliphatic rings. The standard InChI is InChI=1S/C13H11N3O/c14-5-3-8-7-16-11-2-1-10-9(12(8)11)4-6-15-13(10)17/h1-2,4,6-7H,3,5,14H2. The van der Waals surface area contributed by atoms with Crippen LogP contribution in [-0.4, -0.2) is 24.9 Å². The predicted molar refractivity (Wildman–Crippen MR) is 68.2 cm³/mol. The minimum absolute atomic E-state index is 0.190. The van der Waals surface area contributed by atoms with Crippen LogP contribution < -0.4 is 16.2 Å². The number of hydrogen-bond acceptors (Lipinski definition) is 3. The highest BCUT2D eigenvalue weighted by atomic mass is 16.1. The number of hydrogen-bond donors (Lipinski definition) is 1. The Morgan fingerprint density at radius 1 is 1.24 bits per heavy atom. The van der Waals surface area contributed by atoms with Crippen LogP contribution in [0.15, 0.2) is 22.1 Å². The van der Waals surface area contributed by atoms with Gasteiger partial charge in [-0.15, -0.1) is 0 Å². The van der Waals surface area contributed by atoms with Gasteiger partial charge in [0.1, 0.15) is 0 Å². The van der Waals surface area contributed by atoms with Gasteiger partial charge in [0.25, 0.3) is 5.91 Å². The molecule has 0 spiro atoms. The highest BCUT2D eigenvalue weighted by molar-refractivity contribution is 6.12. The molecule has 0 fully saturated rings. The lowest BCUT2D eigenvalue weighted by molar-refractivity contribution is 0.100. The minimum Gasteiger partial charge on any atom is -0.330 e. The van der Waals surface area contributed by atoms with E-state index in [1.807, 2.05) is 18.4 Å². The molecule has 2 heterocycles. The van der Waals surface area contributed by atoms with E-state index in [9.17, 15) is 4.79 Å². The first kappa shape index (κ1) is 10.1. The first-order valence-electron chi connectivity index (χ1n) is 5.50. The minimum atomic E-state index is -0.190. The molecule has 0 radical (unpaired) electrons. The van der Waals surface area contributed by atoms with Crippen LogP contribution >= 0.6 is 0 Å². The first-order valence-corrected chi connectivity index (χ1v) is 5.50. The van der Waals surface area contributed by atoms with Crippen molar-refractivity contribution >= 4 is 35.7 Å². The zero-order valence-electron chi connectivity index (χ0n) is 9.18. The van der Waals surface area contributed by atoms with E-state index in [4.69, 9.17) is 5.73 Å². The smallest absolute Gasteiger partial charge is 0.277 e. The fourth-order valence-electron chi connectivity index (χ4n) is 2.22. The number of fused-ring (bicyclic) bond motifs is 3. The highest BCUT2D eigenvalue weighted by Crippen LogP contribution is 2.14. The Morgan fingerprint density at radius 2 is 2.12 bits per heavy atom. The molecule has 84 valence electrons. The molecule has 0 bridgehead atoms. The van der Waals surface area contributed by atoms with E-state index in [2.05, 4.69) is 9.98 Å². The second kappa shape index (κ2) is 3.75. The number of aliphatic imine (C=N–C) groups is 2. The zero-order chi connectivity index (χ0) is 11.8. The van der Waals surface area contributed by atoms with Gasteiger partial charge in [0.15, 0.2) is 0 Å². The molecule has 1 aromatic rings. The number of nitrogens with zero attached hydrogens (tertiary/aromatic N) is 2. The molecule has 1 amide bonds. The molecule has 1 aromatic carbocycles. The van der Waals surface area contributed by atoms with Crippen LogP contribution in [0.25, 0.3) is 11.6 Å². The normalized spacial score (nSPS) is 15.8. The Hall–Kier alpha value is -2.07. The van der Waals surface area contributed by atoms with Crippen LogP contribution in [0.4, 0.5) is 5.69 Å². The number of carbonyl (C=O) groups excluding carboxylic acids is 1. The molecule has 4 nitrogen and oxygen atoms in total. The van der Waals surface area contributed by atoms with Crippen molar-refractivity contribution in [2.75, 3.05) is 6.54 Å². The van der Waals surface area contributed by atoms with E-state index in [1.165, 1.54) is 0 Å². The summed E-state index contributed by atoms with van der Waals surface area (Å²) in [5, 5.41) is 1.95. The van der Waals surface area contributed by atoms with E-state index in [1.54, 1.807) is 12.3 Å². The predicted octanol–water partition coefficient (Wildman–Crippen LogP) is -0.0929. The summed E-state index contributed by atoms with van der Waals surface area (Å²) in [5.74, 6) is -0.190. The van der Waals surface area contributed by atoms with E-state index >= 15 is 0 Å². The van der Waals surface area contributed by atoms with E-state index < -0.39 is 0 Å². The van der Waals surface area contributed by atoms with Crippen LogP contribution in [0.5, 0.6) is 0 Å². The zero-order valence-corrected chi connectivity index (χ0v) is 9.18. The summed E-state index contributed by atoms with van der Waals surface area (Å²) in [5.41, 5.74) is 8.23. The van der Waals surface area contributed by atoms with Gasteiger partial charge < -0.3 is 5.73 Å². The molecule has 0 aliphatic carbocycles. The van der Waals surface area contributed by atoms with Gasteiger partial charge in [0.2, 0.25) is 0 Å². The molecule has 0 saturated heterocycles. The maximum absolute atomic E-state index is 11.7. The summed E-state index contributed by atoms with van der Waals surface area (Å²) >= 11 is 0. The van der Waals surface area contributed by atoms with Gasteiger partial charge in [0.05, 0.1) is 5.69 Å². The largest absolute Gasteiger partial charge is 0.330 e. The summed E-state index contributed by atoms with van der Waals surface area (Å²) in [4.78, 5) is 19.8. The Kier molecular flexibility index (Phi) is 2.23. The summed E-state index contributed by atoms with van der Waals surface area (Å²) in [6, 6.07) is 3.65. The summed E-state index contributed by atoms with van der Waals surface area (Å²) in [6.07, 6.45) is 6.01. The van der Waals surface area contributed by atoms with Crippen LogP contribution in [0.1, 0.15) is 16.8 Å². The van der Waals surface area contributed by atoms with Gasteiger partial charge in [-0.25, -0.2) is 4.99 Å². The van der Waals surface area contributed by atoms with Crippen molar-refractivity contribution in [2.24, 2.45) is 15.7 Å². The maximum Gasteiger partial charge on any atom is 0.277 e. The van der Waals surface area contributed by atoms with Crippen molar-refractivity contribution in [2.45, 2.75) is 6.42 Å². The van der Waals surface area contributed by atoms with Gasteiger partial charge in [-0.3, -0.25) is 9.79 Å². The quantitative estimate of drug-likeness (QED) is 0.764. The Morgan fingerprint density at radius 3 is 2.94 bits per heavy atom. The number of rotatable bonds is 2. The average molecular weight is 225 g/mol. The lowest BCUT2D eigenvalue weighted by Gasteiger charge is -2.04. The molecule has 17 heavy (non-hydrogen) atoms. The summed E-state index contributed by atoms with van der Waals surface area (Å²) in [6.45, 7) is 0.576. The average Bonchev–Trinajstić information content (AvgIpc) is 2.74. The molecular formula is C13H11N3O. The van der Waals surface area contributed by atoms with Crippen LogP contribution in [0.2, 0.25) is 0 Å². The number of benzene rings is 1. The maximum atomic E-state index is 11.7. The topological polar surface area (TPSA) is 67.8 Å². The van der Waals surface area contributed by atoms with Crippen molar-refractivity contribution in [1.29, 1.82) is 0 Å². The van der Waals surface area contributed by atoms with Gasteiger partial charge in [-0.1, -0.05) is 0 Å². The van der Waals surface area contributed by atoms with E-state index in [-0.39, 0.29) is 5.91 Å². The molecule has 4 heteroatoms. The number of carbonyl (C=O) groups is 1. The van der Waals surface area contributed by atoms with Gasteiger partial charge >= 0.3 is 0 Å². The van der Waals surface area contributed by atoms with E-state index in [0.29, 0.717) is 12.1 Å². The lowest BCUT2D eigenvalue weighted by Crippen LogP contribution is -2.33. The fraction of sp³-hybridized carbons (Fsp3) is 0.154. The third kappa shape index (κ3) is 1.45. The second-order valence-corrected chi connectivity index (χ2v) is 3.99. The second-order valence-electron chi connectivity index (χ2n) is 3.99. The van der Waals surface area contributed by atoms with Gasteiger partial charge in [-0.2, -0.15) is 0 Å². The molecule has 0 unspecified atom stereocenters. The Bertz CT molecular complexity index is 683. The van der Waals surface area contributed by atoms with Crippen molar-refractivity contribution in [3.05, 3.63) is 28.1 Å². The monoisotopic (exact) mass is 225 g/mol. The summed E-state index contributed by atoms with van der Waals surface area (Å²) in [7, 11) is 0. The fourth-order valence-corrected chi connectivity index (χ4v) is 2.22. The third-order valence-corrected chi connectivity index (χ3v) is 2.98. The summed E-state index contributed by atoms with van der Waals surface area (Å²) < 4.78 is 0. The van der Waals surface area contributed by atoms with Crippen molar-refractivity contribution < 1.29 is 4.79 Å². The number of nitrogens with two attached hydrogens (primary N) is 1. The molecule has 2 aliphatic heterocycles. The SMILES string of the molecule is NCCC1=c2c(ccc3c2=CC=NC3=O)N=C1. The van der Waals surface area contributed by atoms with Gasteiger partial charge in [0, 0.05) is 23.2 Å². The Labute approximate surface area is 97.9 Å². The van der Waals surface area contributed by atoms with Crippen molar-refractivity contribution in [3.63, 3.8) is 0 Å². The first-order chi connectivity index (χ1) is 8.31. The molecule has 0 atom stereocenters. The molecule has 3 rings (SSSR count). The Balaban J connectivity index is 2.41. The highest BCUT2D eigenvalue weighted by Gasteiger charge is 2.15. The van der Waals surface area contributed by atoms with Crippen molar-refractivity contribution in [3.8, 4) is 0 Å². The molecular weight excluding hydrogens is 214 g/mol. The lowest BCUT2D eigenvalue weighted by atomic mass is 10.0. The molecule has 2 N–H and O–H groups in total. The van der Waals surface area contributed by atoms with E-state index in [0.717, 1.165) is 28.1 Å². The molecule has 0 aromatic heterocycles. The van der Waals surface area contributed by atoms with Crippen LogP contribution in [-0.2, 0) is 0 Å². The van der Waals surface area contributed by atoms with Crippen molar-refractivity contribution in [1.82, 2.24) is 0 Å². The van der Waals surface area contributed by atoms with Gasteiger partial charge in [-0.05, 0) is 42.0 Å². The van der Waals surface area contributed by atoms with Crippen LogP contribution in [0.3, 0.4) is 0 Å².